The van der Waals surface area contributed by atoms with E-state index in [1.807, 2.05) is 48.7 Å². The van der Waals surface area contributed by atoms with Crippen molar-refractivity contribution in [1.82, 2.24) is 19.6 Å². The number of aromatic nitrogens is 4. The van der Waals surface area contributed by atoms with Gasteiger partial charge in [0.1, 0.15) is 0 Å². The molecule has 0 radical (unpaired) electrons. The quantitative estimate of drug-likeness (QED) is 0.571. The molecule has 0 atom stereocenters. The molecule has 1 aromatic carbocycles. The molecule has 4 aromatic rings. The second-order valence-corrected chi connectivity index (χ2v) is 4.54. The van der Waals surface area contributed by atoms with Crippen molar-refractivity contribution < 1.29 is 0 Å². The molecule has 0 amide bonds. The summed E-state index contributed by atoms with van der Waals surface area (Å²) < 4.78 is 1.69. The molecule has 0 spiro atoms. The smallest absolute Gasteiger partial charge is 0.240 e. The molecular weight excluding hydrogens is 250 g/mol. The van der Waals surface area contributed by atoms with Crippen LogP contribution < -0.4 is 5.73 Å². The van der Waals surface area contributed by atoms with E-state index >= 15 is 0 Å². The lowest BCUT2D eigenvalue weighted by Crippen LogP contribution is -1.91. The summed E-state index contributed by atoms with van der Waals surface area (Å²) >= 11 is 0. The second kappa shape index (κ2) is 4.03. The van der Waals surface area contributed by atoms with Gasteiger partial charge in [0, 0.05) is 28.9 Å². The molecule has 3 aromatic heterocycles. The van der Waals surface area contributed by atoms with Crippen molar-refractivity contribution in [2.45, 2.75) is 0 Å². The lowest BCUT2D eigenvalue weighted by Gasteiger charge is -2.06. The van der Waals surface area contributed by atoms with Crippen LogP contribution in [-0.4, -0.2) is 19.6 Å². The number of nitrogens with zero attached hydrogens (tertiary/aromatic N) is 4. The van der Waals surface area contributed by atoms with E-state index in [4.69, 9.17) is 5.73 Å². The third-order valence-corrected chi connectivity index (χ3v) is 3.30. The lowest BCUT2D eigenvalue weighted by molar-refractivity contribution is 0.969. The Morgan fingerprint density at radius 1 is 0.950 bits per heavy atom. The highest BCUT2D eigenvalue weighted by Crippen LogP contribution is 2.29. The normalized spacial score (nSPS) is 11.2. The Morgan fingerprint density at radius 2 is 1.80 bits per heavy atom. The first-order chi connectivity index (χ1) is 9.83. The van der Waals surface area contributed by atoms with Gasteiger partial charge in [-0.15, -0.1) is 5.10 Å². The standard InChI is InChI=1S/C15H11N5/c16-15-18-14-12(7-3-9-20(14)19-15)11-6-1-4-10-5-2-8-17-13(10)11/h1-9H,(H2,16,19). The van der Waals surface area contributed by atoms with Gasteiger partial charge in [-0.2, -0.15) is 4.98 Å². The first kappa shape index (κ1) is 10.9. The van der Waals surface area contributed by atoms with E-state index in [1.165, 1.54) is 0 Å². The van der Waals surface area contributed by atoms with Crippen LogP contribution in [-0.2, 0) is 0 Å². The van der Waals surface area contributed by atoms with Gasteiger partial charge >= 0.3 is 0 Å². The molecule has 0 saturated carbocycles. The summed E-state index contributed by atoms with van der Waals surface area (Å²) in [4.78, 5) is 8.78. The summed E-state index contributed by atoms with van der Waals surface area (Å²) in [5.41, 5.74) is 9.38. The Hall–Kier alpha value is -2.95. The van der Waals surface area contributed by atoms with Gasteiger partial charge < -0.3 is 5.73 Å². The van der Waals surface area contributed by atoms with Crippen molar-refractivity contribution in [1.29, 1.82) is 0 Å². The number of hydrogen-bond acceptors (Lipinski definition) is 4. The number of nitrogen functional groups attached to an aromatic ring is 1. The lowest BCUT2D eigenvalue weighted by atomic mass is 10.0. The van der Waals surface area contributed by atoms with Crippen LogP contribution in [0.2, 0.25) is 0 Å². The van der Waals surface area contributed by atoms with Crippen LogP contribution in [0.3, 0.4) is 0 Å². The summed E-state index contributed by atoms with van der Waals surface area (Å²) in [6.45, 7) is 0. The molecule has 2 N–H and O–H groups in total. The van der Waals surface area contributed by atoms with Crippen molar-refractivity contribution in [3.8, 4) is 11.1 Å². The van der Waals surface area contributed by atoms with Gasteiger partial charge in [-0.1, -0.05) is 24.3 Å². The van der Waals surface area contributed by atoms with Gasteiger partial charge in [-0.05, 0) is 18.2 Å². The van der Waals surface area contributed by atoms with Gasteiger partial charge in [0.25, 0.3) is 0 Å². The fourth-order valence-electron chi connectivity index (χ4n) is 2.45. The summed E-state index contributed by atoms with van der Waals surface area (Å²) in [6.07, 6.45) is 3.63. The van der Waals surface area contributed by atoms with E-state index in [0.717, 1.165) is 27.7 Å². The van der Waals surface area contributed by atoms with Crippen LogP contribution in [0.5, 0.6) is 0 Å². The second-order valence-electron chi connectivity index (χ2n) is 4.54. The van der Waals surface area contributed by atoms with Crippen molar-refractivity contribution >= 4 is 22.5 Å². The number of hydrogen-bond donors (Lipinski definition) is 1. The molecular formula is C15H11N5. The first-order valence-corrected chi connectivity index (χ1v) is 6.28. The Kier molecular flexibility index (Phi) is 2.20. The molecule has 5 nitrogen and oxygen atoms in total. The van der Waals surface area contributed by atoms with E-state index in [2.05, 4.69) is 15.1 Å². The zero-order valence-corrected chi connectivity index (χ0v) is 10.6. The van der Waals surface area contributed by atoms with Gasteiger partial charge in [0.05, 0.1) is 5.52 Å². The van der Waals surface area contributed by atoms with Crippen molar-refractivity contribution in [2.75, 3.05) is 5.73 Å². The molecule has 0 aliphatic rings. The predicted octanol–water partition coefficient (Wildman–Crippen LogP) is 2.53. The third-order valence-electron chi connectivity index (χ3n) is 3.30. The summed E-state index contributed by atoms with van der Waals surface area (Å²) in [5.74, 6) is 0.269. The maximum absolute atomic E-state index is 5.69. The number of fused-ring (bicyclic) bond motifs is 2. The maximum atomic E-state index is 5.69. The molecule has 3 heterocycles. The average Bonchev–Trinajstić information content (AvgIpc) is 2.87. The van der Waals surface area contributed by atoms with E-state index in [9.17, 15) is 0 Å². The highest BCUT2D eigenvalue weighted by Gasteiger charge is 2.11. The fraction of sp³-hybridized carbons (Fsp3) is 0. The Labute approximate surface area is 114 Å². The summed E-state index contributed by atoms with van der Waals surface area (Å²) in [6, 6.07) is 14.0. The average molecular weight is 261 g/mol. The summed E-state index contributed by atoms with van der Waals surface area (Å²) in [7, 11) is 0. The highest BCUT2D eigenvalue weighted by atomic mass is 15.3. The molecule has 4 rings (SSSR count). The number of anilines is 1. The topological polar surface area (TPSA) is 69.1 Å². The van der Waals surface area contributed by atoms with Crippen molar-refractivity contribution in [3.63, 3.8) is 0 Å². The van der Waals surface area contributed by atoms with Gasteiger partial charge in [0.2, 0.25) is 5.95 Å². The van der Waals surface area contributed by atoms with Gasteiger partial charge in [0.15, 0.2) is 5.65 Å². The Bertz CT molecular complexity index is 921. The van der Waals surface area contributed by atoms with E-state index in [1.54, 1.807) is 10.7 Å². The van der Waals surface area contributed by atoms with E-state index in [-0.39, 0.29) is 5.95 Å². The molecule has 0 bridgehead atoms. The number of nitrogens with two attached hydrogens (primary N) is 1. The van der Waals surface area contributed by atoms with Crippen LogP contribution in [0.4, 0.5) is 5.95 Å². The zero-order chi connectivity index (χ0) is 13.5. The Balaban J connectivity index is 2.11. The monoisotopic (exact) mass is 261 g/mol. The fourth-order valence-corrected chi connectivity index (χ4v) is 2.45. The van der Waals surface area contributed by atoms with E-state index < -0.39 is 0 Å². The maximum Gasteiger partial charge on any atom is 0.240 e. The predicted molar refractivity (Wildman–Crippen MR) is 78.1 cm³/mol. The first-order valence-electron chi connectivity index (χ1n) is 6.28. The number of para-hydroxylation sites is 1. The van der Waals surface area contributed by atoms with Crippen molar-refractivity contribution in [2.24, 2.45) is 0 Å². The minimum atomic E-state index is 0.269. The van der Waals surface area contributed by atoms with Crippen LogP contribution in [0.25, 0.3) is 27.7 Å². The highest BCUT2D eigenvalue weighted by molar-refractivity contribution is 5.96. The zero-order valence-electron chi connectivity index (χ0n) is 10.6. The minimum Gasteiger partial charge on any atom is -0.366 e. The number of pyridine rings is 2. The van der Waals surface area contributed by atoms with E-state index in [0.29, 0.717) is 0 Å². The molecule has 20 heavy (non-hydrogen) atoms. The molecule has 96 valence electrons. The molecule has 0 unspecified atom stereocenters. The van der Waals surface area contributed by atoms with Gasteiger partial charge in [-0.3, -0.25) is 4.98 Å². The molecule has 5 heteroatoms. The largest absolute Gasteiger partial charge is 0.366 e. The van der Waals surface area contributed by atoms with Crippen LogP contribution >= 0.6 is 0 Å². The van der Waals surface area contributed by atoms with Crippen LogP contribution in [0.1, 0.15) is 0 Å². The van der Waals surface area contributed by atoms with Gasteiger partial charge in [-0.25, -0.2) is 4.52 Å². The molecule has 0 aliphatic heterocycles. The molecule has 0 saturated heterocycles. The SMILES string of the molecule is Nc1nc2c(-c3cccc4cccnc34)cccn2n1. The van der Waals surface area contributed by atoms with Crippen molar-refractivity contribution in [3.05, 3.63) is 54.9 Å². The summed E-state index contributed by atoms with van der Waals surface area (Å²) in [5, 5.41) is 5.24. The van der Waals surface area contributed by atoms with Crippen LogP contribution in [0.15, 0.2) is 54.9 Å². The third kappa shape index (κ3) is 1.53. The molecule has 0 aliphatic carbocycles. The number of rotatable bonds is 1. The Morgan fingerprint density at radius 3 is 2.75 bits per heavy atom. The number of benzene rings is 1. The van der Waals surface area contributed by atoms with Crippen LogP contribution in [0, 0.1) is 0 Å². The minimum absolute atomic E-state index is 0.269. The molecule has 0 fully saturated rings.